The third-order valence-corrected chi connectivity index (χ3v) is 6.59. The summed E-state index contributed by atoms with van der Waals surface area (Å²) in [5, 5.41) is 13.6. The number of pyridine rings is 1. The summed E-state index contributed by atoms with van der Waals surface area (Å²) in [5.74, 6) is 0.779. The number of ether oxygens (including phenoxy) is 1. The second-order valence-electron chi connectivity index (χ2n) is 9.18. The van der Waals surface area contributed by atoms with Crippen LogP contribution < -0.4 is 5.56 Å². The number of hydrogen-bond donors (Lipinski definition) is 1. The molecule has 1 N–H and O–H groups in total. The zero-order chi connectivity index (χ0) is 24.9. The van der Waals surface area contributed by atoms with Crippen molar-refractivity contribution < 1.29 is 4.74 Å². The van der Waals surface area contributed by atoms with Crippen LogP contribution in [0.4, 0.5) is 0 Å². The summed E-state index contributed by atoms with van der Waals surface area (Å²) in [6, 6.07) is 14.6. The van der Waals surface area contributed by atoms with Gasteiger partial charge in [0.25, 0.3) is 5.56 Å². The number of hydrogen-bond acceptors (Lipinski definition) is 6. The van der Waals surface area contributed by atoms with Crippen molar-refractivity contribution in [3.63, 3.8) is 0 Å². The van der Waals surface area contributed by atoms with Gasteiger partial charge in [-0.25, -0.2) is 4.68 Å². The Morgan fingerprint density at radius 2 is 1.80 bits per heavy atom. The quantitative estimate of drug-likeness (QED) is 0.370. The maximum atomic E-state index is 13.2. The van der Waals surface area contributed by atoms with E-state index >= 15 is 0 Å². The number of tetrazole rings is 1. The summed E-state index contributed by atoms with van der Waals surface area (Å²) in [6.45, 7) is 10.5. The number of aromatic amines is 1. The van der Waals surface area contributed by atoms with Crippen LogP contribution in [0.2, 0.25) is 0 Å². The van der Waals surface area contributed by atoms with Crippen molar-refractivity contribution in [2.45, 2.75) is 59.8 Å². The summed E-state index contributed by atoms with van der Waals surface area (Å²) in [5.41, 5.74) is 6.17. The van der Waals surface area contributed by atoms with Crippen LogP contribution in [0.3, 0.4) is 0 Å². The van der Waals surface area contributed by atoms with Crippen molar-refractivity contribution in [2.24, 2.45) is 0 Å². The van der Waals surface area contributed by atoms with Crippen LogP contribution in [0.15, 0.2) is 47.3 Å². The smallest absolute Gasteiger partial charge is 0.252 e. The maximum Gasteiger partial charge on any atom is 0.252 e. The van der Waals surface area contributed by atoms with E-state index in [1.165, 1.54) is 11.1 Å². The Balaban J connectivity index is 1.75. The molecule has 2 heterocycles. The number of nitrogens with zero attached hydrogens (tertiary/aromatic N) is 5. The van der Waals surface area contributed by atoms with Crippen molar-refractivity contribution in [1.29, 1.82) is 0 Å². The minimum absolute atomic E-state index is 0.0612. The molecule has 0 amide bonds. The van der Waals surface area contributed by atoms with Crippen LogP contribution in [0.25, 0.3) is 10.9 Å². The Hall–Kier alpha value is -3.36. The molecule has 0 aliphatic heterocycles. The van der Waals surface area contributed by atoms with Gasteiger partial charge in [0.1, 0.15) is 0 Å². The number of methoxy groups -OCH3 is 1. The van der Waals surface area contributed by atoms with Crippen molar-refractivity contribution in [1.82, 2.24) is 30.1 Å². The lowest BCUT2D eigenvalue weighted by Crippen LogP contribution is -2.32. The second kappa shape index (κ2) is 10.9. The summed E-state index contributed by atoms with van der Waals surface area (Å²) >= 11 is 0. The molecular formula is C27H34N6O2. The van der Waals surface area contributed by atoms with E-state index in [0.717, 1.165) is 39.8 Å². The fourth-order valence-corrected chi connectivity index (χ4v) is 4.55. The average Bonchev–Trinajstić information content (AvgIpc) is 3.31. The van der Waals surface area contributed by atoms with Gasteiger partial charge in [-0.3, -0.25) is 9.69 Å². The summed E-state index contributed by atoms with van der Waals surface area (Å²) in [7, 11) is 1.67. The standard InChI is InChI=1S/C27H34N6O2/c1-6-24(26-29-30-31-33(26)13-14-35-5)32(16-21-11-7-18(2)8-12-21)17-22-15-23-19(3)9-10-20(4)25(23)28-27(22)34/h7-12,15,24H,6,13-14,16-17H2,1-5H3,(H,28,34). The first-order valence-electron chi connectivity index (χ1n) is 12.1. The Bertz CT molecular complexity index is 1340. The van der Waals surface area contributed by atoms with E-state index in [0.29, 0.717) is 26.2 Å². The van der Waals surface area contributed by atoms with Crippen LogP contribution in [-0.2, 0) is 24.4 Å². The zero-order valence-electron chi connectivity index (χ0n) is 21.2. The van der Waals surface area contributed by atoms with Crippen LogP contribution in [0.1, 0.15) is 53.0 Å². The highest BCUT2D eigenvalue weighted by atomic mass is 16.5. The summed E-state index contributed by atoms with van der Waals surface area (Å²) in [6.07, 6.45) is 0.794. The maximum absolute atomic E-state index is 13.2. The number of nitrogens with one attached hydrogen (secondary N) is 1. The van der Waals surface area contributed by atoms with Crippen LogP contribution in [0, 0.1) is 20.8 Å². The van der Waals surface area contributed by atoms with Gasteiger partial charge in [0.15, 0.2) is 5.82 Å². The molecule has 4 rings (SSSR count). The number of benzene rings is 2. The minimum atomic E-state index is -0.0723. The first kappa shape index (κ1) is 24.8. The largest absolute Gasteiger partial charge is 0.383 e. The van der Waals surface area contributed by atoms with E-state index in [4.69, 9.17) is 4.74 Å². The van der Waals surface area contributed by atoms with Crippen molar-refractivity contribution >= 4 is 10.9 Å². The lowest BCUT2D eigenvalue weighted by molar-refractivity contribution is 0.151. The second-order valence-corrected chi connectivity index (χ2v) is 9.18. The highest BCUT2D eigenvalue weighted by Gasteiger charge is 2.26. The average molecular weight is 475 g/mol. The molecule has 1 unspecified atom stereocenters. The van der Waals surface area contributed by atoms with Crippen molar-refractivity contribution in [3.8, 4) is 0 Å². The monoisotopic (exact) mass is 474 g/mol. The van der Waals surface area contributed by atoms with E-state index in [1.807, 2.05) is 19.1 Å². The van der Waals surface area contributed by atoms with Crippen molar-refractivity contribution in [3.05, 3.63) is 86.5 Å². The lowest BCUT2D eigenvalue weighted by atomic mass is 10.0. The fraction of sp³-hybridized carbons (Fsp3) is 0.407. The lowest BCUT2D eigenvalue weighted by Gasteiger charge is -2.30. The predicted octanol–water partition coefficient (Wildman–Crippen LogP) is 4.24. The molecule has 0 spiro atoms. The molecule has 2 aromatic heterocycles. The number of H-pyrrole nitrogens is 1. The molecular weight excluding hydrogens is 440 g/mol. The Morgan fingerprint density at radius 1 is 1.06 bits per heavy atom. The van der Waals surface area contributed by atoms with E-state index in [9.17, 15) is 4.79 Å². The van der Waals surface area contributed by atoms with E-state index < -0.39 is 0 Å². The summed E-state index contributed by atoms with van der Waals surface area (Å²) < 4.78 is 7.05. The molecule has 1 atom stereocenters. The van der Waals surface area contributed by atoms with Crippen LogP contribution >= 0.6 is 0 Å². The van der Waals surface area contributed by atoms with Gasteiger partial charge in [-0.15, -0.1) is 5.10 Å². The molecule has 8 heteroatoms. The molecule has 0 fully saturated rings. The molecule has 0 aliphatic carbocycles. The van der Waals surface area contributed by atoms with Gasteiger partial charge in [0.05, 0.1) is 24.7 Å². The Labute approximate surface area is 205 Å². The van der Waals surface area contributed by atoms with Gasteiger partial charge in [-0.2, -0.15) is 0 Å². The van der Waals surface area contributed by atoms with Crippen molar-refractivity contribution in [2.75, 3.05) is 13.7 Å². The Kier molecular flexibility index (Phi) is 7.73. The minimum Gasteiger partial charge on any atom is -0.383 e. The molecule has 184 valence electrons. The van der Waals surface area contributed by atoms with E-state index in [2.05, 4.69) is 76.5 Å². The highest BCUT2D eigenvalue weighted by molar-refractivity contribution is 5.85. The number of aryl methyl sites for hydroxylation is 3. The van der Waals surface area contributed by atoms with Gasteiger partial charge in [-0.05, 0) is 60.4 Å². The molecule has 0 saturated carbocycles. The number of rotatable bonds is 10. The van der Waals surface area contributed by atoms with Gasteiger partial charge >= 0.3 is 0 Å². The third kappa shape index (κ3) is 5.49. The summed E-state index contributed by atoms with van der Waals surface area (Å²) in [4.78, 5) is 18.6. The van der Waals surface area contributed by atoms with Gasteiger partial charge in [-0.1, -0.05) is 48.9 Å². The van der Waals surface area contributed by atoms with Gasteiger partial charge in [0.2, 0.25) is 0 Å². The topological polar surface area (TPSA) is 88.9 Å². The van der Waals surface area contributed by atoms with E-state index in [1.54, 1.807) is 11.8 Å². The molecule has 4 aromatic rings. The van der Waals surface area contributed by atoms with Crippen LogP contribution in [0.5, 0.6) is 0 Å². The molecule has 0 saturated heterocycles. The van der Waals surface area contributed by atoms with Gasteiger partial charge in [0, 0.05) is 31.1 Å². The molecule has 8 nitrogen and oxygen atoms in total. The molecule has 0 aliphatic rings. The zero-order valence-corrected chi connectivity index (χ0v) is 21.2. The van der Waals surface area contributed by atoms with Crippen LogP contribution in [-0.4, -0.2) is 43.8 Å². The first-order valence-corrected chi connectivity index (χ1v) is 12.1. The number of aromatic nitrogens is 5. The molecule has 35 heavy (non-hydrogen) atoms. The SMILES string of the molecule is CCC(c1nnnn1CCOC)N(Cc1ccc(C)cc1)Cc1cc2c(C)ccc(C)c2[nH]c1=O. The normalized spacial score (nSPS) is 12.5. The predicted molar refractivity (Wildman–Crippen MR) is 137 cm³/mol. The highest BCUT2D eigenvalue weighted by Crippen LogP contribution is 2.27. The Morgan fingerprint density at radius 3 is 2.51 bits per heavy atom. The van der Waals surface area contributed by atoms with E-state index in [-0.39, 0.29) is 11.6 Å². The number of fused-ring (bicyclic) bond motifs is 1. The molecule has 0 bridgehead atoms. The van der Waals surface area contributed by atoms with Gasteiger partial charge < -0.3 is 9.72 Å². The fourth-order valence-electron chi connectivity index (χ4n) is 4.55. The third-order valence-electron chi connectivity index (χ3n) is 6.59. The molecule has 2 aromatic carbocycles. The molecule has 0 radical (unpaired) electrons. The first-order chi connectivity index (χ1) is 16.9.